The predicted octanol–water partition coefficient (Wildman–Crippen LogP) is 3.82. The fraction of sp³-hybridized carbons (Fsp3) is 0.409. The number of ether oxygens (including phenoxy) is 3. The lowest BCUT2D eigenvalue weighted by Gasteiger charge is -2.29. The van der Waals surface area contributed by atoms with Gasteiger partial charge in [0.05, 0.1) is 25.9 Å². The van der Waals surface area contributed by atoms with Crippen LogP contribution in [0.1, 0.15) is 33.3 Å². The molecule has 150 valence electrons. The number of allylic oxidation sites excluding steroid dienone is 2. The summed E-state index contributed by atoms with van der Waals surface area (Å²) in [5.74, 6) is -1.41. The van der Waals surface area contributed by atoms with E-state index in [9.17, 15) is 9.59 Å². The number of hydrogen-bond acceptors (Lipinski definition) is 6. The molecule has 0 amide bonds. The molecule has 6 heteroatoms. The molecule has 0 aliphatic carbocycles. The number of carbonyl (C=O) groups is 2. The molecule has 1 unspecified atom stereocenters. The molecule has 1 heterocycles. The molecule has 0 saturated carbocycles. The van der Waals surface area contributed by atoms with Crippen LogP contribution in [0.2, 0.25) is 0 Å². The van der Waals surface area contributed by atoms with Crippen LogP contribution in [0.4, 0.5) is 0 Å². The van der Waals surface area contributed by atoms with E-state index in [-0.39, 0.29) is 13.2 Å². The molecule has 0 fully saturated rings. The topological polar surface area (TPSA) is 74.2 Å². The number of rotatable bonds is 7. The van der Waals surface area contributed by atoms with Crippen LogP contribution in [0.3, 0.4) is 0 Å². The second kappa shape index (κ2) is 9.88. The van der Waals surface area contributed by atoms with Gasteiger partial charge in [0.1, 0.15) is 11.7 Å². The van der Waals surface area contributed by atoms with Gasteiger partial charge in [0, 0.05) is 22.9 Å². The molecule has 0 spiro atoms. The molecule has 0 N–H and O–H groups in total. The van der Waals surface area contributed by atoms with Gasteiger partial charge in [-0.1, -0.05) is 30.4 Å². The maximum absolute atomic E-state index is 12.6. The van der Waals surface area contributed by atoms with Crippen LogP contribution in [0, 0.1) is 11.8 Å². The van der Waals surface area contributed by atoms with Crippen LogP contribution < -0.4 is 4.74 Å². The van der Waals surface area contributed by atoms with Gasteiger partial charge in [-0.25, -0.2) is 4.79 Å². The van der Waals surface area contributed by atoms with Crippen molar-refractivity contribution in [2.24, 2.45) is 16.8 Å². The quantitative estimate of drug-likeness (QED) is 0.667. The highest BCUT2D eigenvalue weighted by molar-refractivity contribution is 6.06. The molecule has 1 aliphatic rings. The first-order valence-corrected chi connectivity index (χ1v) is 9.35. The maximum atomic E-state index is 12.6. The Kier molecular flexibility index (Phi) is 7.55. The first-order valence-electron chi connectivity index (χ1n) is 9.35. The molecule has 1 aliphatic heterocycles. The van der Waals surface area contributed by atoms with Crippen LogP contribution in [0.25, 0.3) is 6.08 Å². The Hall–Kier alpha value is -2.89. The van der Waals surface area contributed by atoms with Gasteiger partial charge in [-0.2, -0.15) is 0 Å². The second-order valence-corrected chi connectivity index (χ2v) is 6.33. The smallest absolute Gasteiger partial charge is 0.336 e. The zero-order chi connectivity index (χ0) is 20.7. The fourth-order valence-corrected chi connectivity index (χ4v) is 3.32. The first-order chi connectivity index (χ1) is 13.4. The summed E-state index contributed by atoms with van der Waals surface area (Å²) < 4.78 is 15.9. The minimum atomic E-state index is -0.686. The molecule has 6 nitrogen and oxygen atoms in total. The summed E-state index contributed by atoms with van der Waals surface area (Å²) in [4.78, 5) is 29.7. The largest absolute Gasteiger partial charge is 0.496 e. The lowest BCUT2D eigenvalue weighted by atomic mass is 9.79. The lowest BCUT2D eigenvalue weighted by molar-refractivity contribution is -0.146. The minimum Gasteiger partial charge on any atom is -0.496 e. The molecule has 2 rings (SSSR count). The van der Waals surface area contributed by atoms with E-state index in [0.29, 0.717) is 22.7 Å². The van der Waals surface area contributed by atoms with E-state index in [4.69, 9.17) is 14.2 Å². The Balaban J connectivity index is 2.52. The lowest BCUT2D eigenvalue weighted by Crippen LogP contribution is -2.37. The van der Waals surface area contributed by atoms with Crippen molar-refractivity contribution >= 4 is 23.7 Å². The van der Waals surface area contributed by atoms with Crippen LogP contribution in [-0.4, -0.2) is 38.0 Å². The number of esters is 2. The van der Waals surface area contributed by atoms with Gasteiger partial charge < -0.3 is 14.2 Å². The Labute approximate surface area is 165 Å². The van der Waals surface area contributed by atoms with Crippen molar-refractivity contribution in [3.05, 3.63) is 47.2 Å². The van der Waals surface area contributed by atoms with Gasteiger partial charge in [-0.15, -0.1) is 0 Å². The van der Waals surface area contributed by atoms with Crippen molar-refractivity contribution in [3.8, 4) is 5.75 Å². The van der Waals surface area contributed by atoms with Crippen molar-refractivity contribution in [2.45, 2.75) is 27.7 Å². The summed E-state index contributed by atoms with van der Waals surface area (Å²) in [6.07, 6.45) is 3.67. The van der Waals surface area contributed by atoms with E-state index >= 15 is 0 Å². The van der Waals surface area contributed by atoms with Crippen LogP contribution in [0.15, 0.2) is 46.6 Å². The Bertz CT molecular complexity index is 822. The monoisotopic (exact) mass is 385 g/mol. The van der Waals surface area contributed by atoms with Crippen molar-refractivity contribution in [1.29, 1.82) is 0 Å². The van der Waals surface area contributed by atoms with Gasteiger partial charge in [0.2, 0.25) is 0 Å². The molecule has 1 aromatic carbocycles. The maximum Gasteiger partial charge on any atom is 0.336 e. The minimum absolute atomic E-state index is 0.241. The predicted molar refractivity (Wildman–Crippen MR) is 108 cm³/mol. The third kappa shape index (κ3) is 4.68. The molecule has 1 aromatic rings. The highest BCUT2D eigenvalue weighted by atomic mass is 16.5. The van der Waals surface area contributed by atoms with E-state index in [0.717, 1.165) is 5.56 Å². The first kappa shape index (κ1) is 21.4. The average molecular weight is 385 g/mol. The summed E-state index contributed by atoms with van der Waals surface area (Å²) in [6, 6.07) is 7.53. The number of para-hydroxylation sites is 1. The molecule has 2 atom stereocenters. The molecular formula is C22H27NO5. The van der Waals surface area contributed by atoms with Crippen LogP contribution in [0.5, 0.6) is 5.75 Å². The molecule has 0 bridgehead atoms. The highest BCUT2D eigenvalue weighted by Gasteiger charge is 2.40. The Morgan fingerprint density at radius 2 is 1.79 bits per heavy atom. The third-order valence-electron chi connectivity index (χ3n) is 4.53. The van der Waals surface area contributed by atoms with E-state index in [1.807, 2.05) is 36.4 Å². The molecular weight excluding hydrogens is 358 g/mol. The molecule has 28 heavy (non-hydrogen) atoms. The number of hydrogen-bond donors (Lipinski definition) is 0. The number of benzene rings is 1. The third-order valence-corrected chi connectivity index (χ3v) is 4.53. The summed E-state index contributed by atoms with van der Waals surface area (Å²) in [5.41, 5.74) is 2.37. The summed E-state index contributed by atoms with van der Waals surface area (Å²) in [6.45, 7) is 7.51. The zero-order valence-corrected chi connectivity index (χ0v) is 17.0. The van der Waals surface area contributed by atoms with Gasteiger partial charge >= 0.3 is 11.9 Å². The van der Waals surface area contributed by atoms with Gasteiger partial charge in [-0.3, -0.25) is 9.79 Å². The van der Waals surface area contributed by atoms with Crippen molar-refractivity contribution < 1.29 is 23.8 Å². The Morgan fingerprint density at radius 3 is 2.43 bits per heavy atom. The van der Waals surface area contributed by atoms with Crippen LogP contribution >= 0.6 is 0 Å². The second-order valence-electron chi connectivity index (χ2n) is 6.33. The van der Waals surface area contributed by atoms with Gasteiger partial charge in [-0.05, 0) is 33.8 Å². The molecule has 0 radical (unpaired) electrons. The average Bonchev–Trinajstić information content (AvgIpc) is 2.66. The number of carbonyl (C=O) groups excluding carboxylic acids is 2. The fourth-order valence-electron chi connectivity index (χ4n) is 3.32. The standard InChI is InChI=1S/C22H27NO5/c1-6-27-21(24)19-14(3)23-15(4)20(22(25)28-7-2)17(19)13-12-16-10-8-9-11-18(16)26-5/h8-13,17,19H,6-7H2,1-5H3/b13-12+/t17-,19?/m1/s1. The number of aliphatic imine (C=N–C) groups is 1. The normalized spacial score (nSPS) is 19.4. The van der Waals surface area contributed by atoms with E-state index in [1.165, 1.54) is 0 Å². The highest BCUT2D eigenvalue weighted by Crippen LogP contribution is 2.34. The summed E-state index contributed by atoms with van der Waals surface area (Å²) >= 11 is 0. The van der Waals surface area contributed by atoms with Crippen molar-refractivity contribution in [1.82, 2.24) is 0 Å². The van der Waals surface area contributed by atoms with E-state index in [1.54, 1.807) is 34.8 Å². The van der Waals surface area contributed by atoms with Crippen molar-refractivity contribution in [3.63, 3.8) is 0 Å². The molecule has 0 saturated heterocycles. The van der Waals surface area contributed by atoms with E-state index in [2.05, 4.69) is 4.99 Å². The molecule has 0 aromatic heterocycles. The van der Waals surface area contributed by atoms with Gasteiger partial charge in [0.25, 0.3) is 0 Å². The summed E-state index contributed by atoms with van der Waals surface area (Å²) in [5, 5.41) is 0. The van der Waals surface area contributed by atoms with E-state index < -0.39 is 23.8 Å². The SMILES string of the molecule is CCOC(=O)C1=C(C)N=C(C)C(C(=O)OCC)[C@H]1/C=C/c1ccccc1OC. The number of nitrogens with zero attached hydrogens (tertiary/aromatic N) is 1. The van der Waals surface area contributed by atoms with Gasteiger partial charge in [0.15, 0.2) is 0 Å². The summed E-state index contributed by atoms with van der Waals surface area (Å²) in [7, 11) is 1.60. The number of methoxy groups -OCH3 is 1. The van der Waals surface area contributed by atoms with Crippen molar-refractivity contribution in [2.75, 3.05) is 20.3 Å². The zero-order valence-electron chi connectivity index (χ0n) is 17.0. The van der Waals surface area contributed by atoms with Crippen LogP contribution in [-0.2, 0) is 19.1 Å². The Morgan fingerprint density at radius 1 is 1.11 bits per heavy atom.